The molecule has 0 aromatic carbocycles. The molecular formula is C11H23NO2S. The molecule has 90 valence electrons. The van der Waals surface area contributed by atoms with Crippen molar-refractivity contribution in [3.8, 4) is 0 Å². The molecule has 1 rings (SSSR count). The third-order valence-electron chi connectivity index (χ3n) is 3.00. The quantitative estimate of drug-likeness (QED) is 0.802. The van der Waals surface area contributed by atoms with Crippen molar-refractivity contribution in [3.05, 3.63) is 0 Å². The molecule has 1 saturated heterocycles. The van der Waals surface area contributed by atoms with Gasteiger partial charge in [-0.15, -0.1) is 0 Å². The van der Waals surface area contributed by atoms with Gasteiger partial charge in [-0.1, -0.05) is 0 Å². The van der Waals surface area contributed by atoms with Crippen LogP contribution < -0.4 is 5.73 Å². The van der Waals surface area contributed by atoms with Gasteiger partial charge in [0.25, 0.3) is 0 Å². The van der Waals surface area contributed by atoms with Gasteiger partial charge in [-0.2, -0.15) is 0 Å². The molecule has 1 heterocycles. The Morgan fingerprint density at radius 2 is 2.00 bits per heavy atom. The number of rotatable bonds is 3. The Morgan fingerprint density at radius 1 is 1.47 bits per heavy atom. The fourth-order valence-corrected chi connectivity index (χ4v) is 4.17. The van der Waals surface area contributed by atoms with Gasteiger partial charge in [0.2, 0.25) is 0 Å². The molecule has 0 aromatic heterocycles. The predicted molar refractivity (Wildman–Crippen MR) is 64.3 cm³/mol. The van der Waals surface area contributed by atoms with Gasteiger partial charge < -0.3 is 10.5 Å². The summed E-state index contributed by atoms with van der Waals surface area (Å²) in [7, 11) is -0.906. The lowest BCUT2D eigenvalue weighted by molar-refractivity contribution is -0.0634. The van der Waals surface area contributed by atoms with E-state index in [1.807, 2.05) is 20.8 Å². The van der Waals surface area contributed by atoms with Crippen LogP contribution >= 0.6 is 0 Å². The van der Waals surface area contributed by atoms with Gasteiger partial charge in [0.15, 0.2) is 0 Å². The molecule has 0 bridgehead atoms. The van der Waals surface area contributed by atoms with Crippen molar-refractivity contribution in [2.75, 3.05) is 6.54 Å². The molecule has 3 unspecified atom stereocenters. The number of nitrogens with two attached hydrogens (primary N) is 1. The SMILES string of the molecule is CC(CN)S(=O)C1CC(C)(C)OC1(C)C. The normalized spacial score (nSPS) is 32.5. The minimum atomic E-state index is -0.906. The van der Waals surface area contributed by atoms with Gasteiger partial charge in [-0.3, -0.25) is 4.21 Å². The molecule has 0 radical (unpaired) electrons. The fourth-order valence-electron chi connectivity index (χ4n) is 2.25. The van der Waals surface area contributed by atoms with Crippen LogP contribution in [0.4, 0.5) is 0 Å². The van der Waals surface area contributed by atoms with Gasteiger partial charge in [-0.05, 0) is 41.0 Å². The van der Waals surface area contributed by atoms with Gasteiger partial charge in [-0.25, -0.2) is 0 Å². The average molecular weight is 233 g/mol. The zero-order valence-corrected chi connectivity index (χ0v) is 11.2. The van der Waals surface area contributed by atoms with Crippen molar-refractivity contribution in [2.45, 2.75) is 62.7 Å². The monoisotopic (exact) mass is 233 g/mol. The van der Waals surface area contributed by atoms with E-state index >= 15 is 0 Å². The van der Waals surface area contributed by atoms with Crippen LogP contribution in [0.25, 0.3) is 0 Å². The van der Waals surface area contributed by atoms with E-state index in [0.717, 1.165) is 6.42 Å². The van der Waals surface area contributed by atoms with Gasteiger partial charge in [0, 0.05) is 22.6 Å². The minimum absolute atomic E-state index is 0.0479. The molecule has 4 heteroatoms. The van der Waals surface area contributed by atoms with Crippen LogP contribution in [-0.4, -0.2) is 32.5 Å². The maximum absolute atomic E-state index is 12.2. The molecule has 1 aliphatic rings. The zero-order chi connectivity index (χ0) is 11.9. The summed E-state index contributed by atoms with van der Waals surface area (Å²) in [6.07, 6.45) is 0.844. The highest BCUT2D eigenvalue weighted by molar-refractivity contribution is 7.86. The Morgan fingerprint density at radius 3 is 2.33 bits per heavy atom. The van der Waals surface area contributed by atoms with Gasteiger partial charge in [0.05, 0.1) is 16.5 Å². The zero-order valence-electron chi connectivity index (χ0n) is 10.4. The van der Waals surface area contributed by atoms with Crippen molar-refractivity contribution in [1.82, 2.24) is 0 Å². The van der Waals surface area contributed by atoms with Crippen molar-refractivity contribution in [1.29, 1.82) is 0 Å². The second-order valence-electron chi connectivity index (χ2n) is 5.53. The lowest BCUT2D eigenvalue weighted by Crippen LogP contribution is -2.40. The van der Waals surface area contributed by atoms with Crippen LogP contribution in [-0.2, 0) is 15.5 Å². The summed E-state index contributed by atoms with van der Waals surface area (Å²) >= 11 is 0. The van der Waals surface area contributed by atoms with Crippen LogP contribution in [0, 0.1) is 0 Å². The molecule has 2 N–H and O–H groups in total. The first-order chi connectivity index (χ1) is 6.69. The average Bonchev–Trinajstić information content (AvgIpc) is 2.31. The molecule has 3 atom stereocenters. The summed E-state index contributed by atoms with van der Waals surface area (Å²) in [5.41, 5.74) is 5.09. The summed E-state index contributed by atoms with van der Waals surface area (Å²) in [6.45, 7) is 10.6. The summed E-state index contributed by atoms with van der Waals surface area (Å²) < 4.78 is 18.2. The molecule has 15 heavy (non-hydrogen) atoms. The Kier molecular flexibility index (Phi) is 3.63. The molecule has 0 aliphatic carbocycles. The smallest absolute Gasteiger partial charge is 0.0777 e. The van der Waals surface area contributed by atoms with Crippen LogP contribution in [0.5, 0.6) is 0 Å². The summed E-state index contributed by atoms with van der Waals surface area (Å²) in [5.74, 6) is 0. The first-order valence-electron chi connectivity index (χ1n) is 5.49. The molecule has 1 fully saturated rings. The molecule has 1 aliphatic heterocycles. The molecular weight excluding hydrogens is 210 g/mol. The molecule has 0 saturated carbocycles. The Bertz CT molecular complexity index is 263. The summed E-state index contributed by atoms with van der Waals surface area (Å²) in [5, 5.41) is 0.137. The number of hydrogen-bond donors (Lipinski definition) is 1. The van der Waals surface area contributed by atoms with Crippen molar-refractivity contribution >= 4 is 10.8 Å². The highest BCUT2D eigenvalue weighted by Gasteiger charge is 2.49. The first-order valence-corrected chi connectivity index (χ1v) is 6.77. The highest BCUT2D eigenvalue weighted by Crippen LogP contribution is 2.40. The third kappa shape index (κ3) is 2.80. The molecule has 3 nitrogen and oxygen atoms in total. The van der Waals surface area contributed by atoms with E-state index in [1.54, 1.807) is 0 Å². The van der Waals surface area contributed by atoms with Crippen molar-refractivity contribution in [2.24, 2.45) is 5.73 Å². The third-order valence-corrected chi connectivity index (χ3v) is 5.28. The predicted octanol–water partition coefficient (Wildman–Crippen LogP) is 1.43. The summed E-state index contributed by atoms with van der Waals surface area (Å²) in [6, 6.07) is 0. The van der Waals surface area contributed by atoms with Gasteiger partial charge in [0.1, 0.15) is 0 Å². The minimum Gasteiger partial charge on any atom is -0.368 e. The second kappa shape index (κ2) is 4.15. The maximum atomic E-state index is 12.2. The van der Waals surface area contributed by atoms with Crippen molar-refractivity contribution < 1.29 is 8.95 Å². The van der Waals surface area contributed by atoms with E-state index in [4.69, 9.17) is 10.5 Å². The Balaban J connectivity index is 2.83. The van der Waals surface area contributed by atoms with Crippen LogP contribution in [0.3, 0.4) is 0 Å². The number of hydrogen-bond acceptors (Lipinski definition) is 3. The van der Waals surface area contributed by atoms with Crippen molar-refractivity contribution in [3.63, 3.8) is 0 Å². The Labute approximate surface area is 95.2 Å². The molecule has 0 spiro atoms. The highest BCUT2D eigenvalue weighted by atomic mass is 32.2. The topological polar surface area (TPSA) is 52.3 Å². The lowest BCUT2D eigenvalue weighted by Gasteiger charge is -2.28. The Hall–Kier alpha value is 0.0700. The van der Waals surface area contributed by atoms with E-state index in [1.165, 1.54) is 0 Å². The van der Waals surface area contributed by atoms with Crippen LogP contribution in [0.1, 0.15) is 41.0 Å². The second-order valence-corrected chi connectivity index (χ2v) is 7.56. The van der Waals surface area contributed by atoms with Crippen LogP contribution in [0.15, 0.2) is 0 Å². The molecule has 0 amide bonds. The summed E-state index contributed by atoms with van der Waals surface area (Å²) in [4.78, 5) is 0. The maximum Gasteiger partial charge on any atom is 0.0777 e. The van der Waals surface area contributed by atoms with E-state index in [2.05, 4.69) is 13.8 Å². The standard InChI is InChI=1S/C11H23NO2S/c1-8(7-12)15(13)9-6-10(2,3)14-11(9,4)5/h8-9H,6-7,12H2,1-5H3. The largest absolute Gasteiger partial charge is 0.368 e. The van der Waals surface area contributed by atoms with Gasteiger partial charge >= 0.3 is 0 Å². The fraction of sp³-hybridized carbons (Fsp3) is 1.00. The van der Waals surface area contributed by atoms with E-state index in [-0.39, 0.29) is 21.7 Å². The number of ether oxygens (including phenoxy) is 1. The van der Waals surface area contributed by atoms with E-state index < -0.39 is 10.8 Å². The van der Waals surface area contributed by atoms with E-state index in [9.17, 15) is 4.21 Å². The van der Waals surface area contributed by atoms with E-state index in [0.29, 0.717) is 6.54 Å². The van der Waals surface area contributed by atoms with Crippen LogP contribution in [0.2, 0.25) is 0 Å². The lowest BCUT2D eigenvalue weighted by atomic mass is 10.0. The molecule has 0 aromatic rings. The first kappa shape index (κ1) is 13.1.